The Morgan fingerprint density at radius 1 is 1.38 bits per heavy atom. The maximum absolute atomic E-state index is 12.7. The second-order valence-electron chi connectivity index (χ2n) is 5.39. The molecule has 1 N–H and O–H groups in total. The Labute approximate surface area is 131 Å². The van der Waals surface area contributed by atoms with Crippen molar-refractivity contribution in [1.29, 1.82) is 0 Å². The lowest BCUT2D eigenvalue weighted by Gasteiger charge is -2.27. The molecule has 4 nitrogen and oxygen atoms in total. The van der Waals surface area contributed by atoms with E-state index in [0.717, 1.165) is 37.3 Å². The topological polar surface area (TPSA) is 41.6 Å². The van der Waals surface area contributed by atoms with Crippen LogP contribution in [0.4, 0.5) is 0 Å². The van der Waals surface area contributed by atoms with Crippen molar-refractivity contribution in [3.63, 3.8) is 0 Å². The van der Waals surface area contributed by atoms with Gasteiger partial charge in [-0.05, 0) is 38.0 Å². The first kappa shape index (κ1) is 16.3. The summed E-state index contributed by atoms with van der Waals surface area (Å²) in [6.07, 6.45) is 0. The highest BCUT2D eigenvalue weighted by molar-refractivity contribution is 6.32. The molecule has 0 aromatic heterocycles. The molecule has 0 radical (unpaired) electrons. The summed E-state index contributed by atoms with van der Waals surface area (Å²) in [5.74, 6) is 0.767. The number of nitrogens with one attached hydrogen (secondary N) is 1. The van der Waals surface area contributed by atoms with E-state index in [1.165, 1.54) is 0 Å². The van der Waals surface area contributed by atoms with E-state index in [4.69, 9.17) is 16.3 Å². The average molecular weight is 311 g/mol. The molecule has 1 heterocycles. The quantitative estimate of drug-likeness (QED) is 0.848. The molecular formula is C16H23ClN2O2. The van der Waals surface area contributed by atoms with Gasteiger partial charge in [-0.25, -0.2) is 0 Å². The molecule has 0 unspecified atom stereocenters. The number of Topliss-reactive ketones (excluding diaryl/α,β-unsaturated/α-hetero) is 1. The summed E-state index contributed by atoms with van der Waals surface area (Å²) in [4.78, 5) is 14.9. The summed E-state index contributed by atoms with van der Waals surface area (Å²) in [6, 6.07) is 1.86. The van der Waals surface area contributed by atoms with Crippen molar-refractivity contribution in [1.82, 2.24) is 10.2 Å². The van der Waals surface area contributed by atoms with Crippen LogP contribution < -0.4 is 10.1 Å². The molecule has 0 atom stereocenters. The minimum absolute atomic E-state index is 0.0865. The van der Waals surface area contributed by atoms with E-state index in [1.54, 1.807) is 0 Å². The fourth-order valence-corrected chi connectivity index (χ4v) is 2.93. The van der Waals surface area contributed by atoms with Gasteiger partial charge in [0.25, 0.3) is 0 Å². The predicted molar refractivity (Wildman–Crippen MR) is 85.7 cm³/mol. The van der Waals surface area contributed by atoms with Crippen molar-refractivity contribution in [3.05, 3.63) is 27.8 Å². The third-order valence-corrected chi connectivity index (χ3v) is 4.20. The normalized spacial score (nSPS) is 16.0. The van der Waals surface area contributed by atoms with Gasteiger partial charge in [0.05, 0.1) is 18.7 Å². The molecule has 0 amide bonds. The van der Waals surface area contributed by atoms with Crippen molar-refractivity contribution in [3.8, 4) is 5.75 Å². The lowest BCUT2D eigenvalue weighted by molar-refractivity contribution is 0.0917. The predicted octanol–water partition coefficient (Wildman–Crippen LogP) is 2.44. The highest BCUT2D eigenvalue weighted by Crippen LogP contribution is 2.32. The third kappa shape index (κ3) is 3.76. The smallest absolute Gasteiger partial charge is 0.180 e. The first-order chi connectivity index (χ1) is 10.0. The summed E-state index contributed by atoms with van der Waals surface area (Å²) in [7, 11) is 0. The minimum Gasteiger partial charge on any atom is -0.493 e. The zero-order valence-corrected chi connectivity index (χ0v) is 13.7. The van der Waals surface area contributed by atoms with E-state index in [1.807, 2.05) is 26.8 Å². The number of aryl methyl sites for hydroxylation is 1. The Morgan fingerprint density at radius 2 is 2.05 bits per heavy atom. The van der Waals surface area contributed by atoms with Crippen molar-refractivity contribution in [2.24, 2.45) is 0 Å². The first-order valence-electron chi connectivity index (χ1n) is 7.43. The van der Waals surface area contributed by atoms with Gasteiger partial charge in [0.15, 0.2) is 5.78 Å². The van der Waals surface area contributed by atoms with Crippen LogP contribution >= 0.6 is 11.6 Å². The van der Waals surface area contributed by atoms with Gasteiger partial charge in [0, 0.05) is 31.2 Å². The lowest BCUT2D eigenvalue weighted by Crippen LogP contribution is -2.45. The molecule has 0 spiro atoms. The van der Waals surface area contributed by atoms with Crippen LogP contribution in [0.15, 0.2) is 6.07 Å². The second-order valence-corrected chi connectivity index (χ2v) is 5.79. The first-order valence-corrected chi connectivity index (χ1v) is 7.81. The summed E-state index contributed by atoms with van der Waals surface area (Å²) < 4.78 is 5.70. The van der Waals surface area contributed by atoms with Crippen molar-refractivity contribution in [2.75, 3.05) is 39.3 Å². The Kier molecular flexibility index (Phi) is 5.62. The molecule has 116 valence electrons. The third-order valence-electron chi connectivity index (χ3n) is 3.81. The molecule has 1 aliphatic rings. The average Bonchev–Trinajstić information content (AvgIpc) is 2.46. The van der Waals surface area contributed by atoms with Crippen LogP contribution in [0, 0.1) is 13.8 Å². The molecule has 1 saturated heterocycles. The number of carbonyl (C=O) groups is 1. The number of hydrogen-bond acceptors (Lipinski definition) is 4. The van der Waals surface area contributed by atoms with Crippen molar-refractivity contribution >= 4 is 17.4 Å². The number of carbonyl (C=O) groups excluding carboxylic acids is 1. The van der Waals surface area contributed by atoms with E-state index in [2.05, 4.69) is 10.2 Å². The SMILES string of the molecule is CCOc1c(C)cc(Cl)c(C)c1C(=O)CN1CCNCC1. The fraction of sp³-hybridized carbons (Fsp3) is 0.562. The molecule has 1 aromatic rings. The van der Waals surface area contributed by atoms with Crippen LogP contribution in [0.3, 0.4) is 0 Å². The maximum Gasteiger partial charge on any atom is 0.180 e. The lowest BCUT2D eigenvalue weighted by atomic mass is 9.99. The molecule has 1 aromatic carbocycles. The van der Waals surface area contributed by atoms with Gasteiger partial charge in [0.2, 0.25) is 0 Å². The highest BCUT2D eigenvalue weighted by Gasteiger charge is 2.22. The molecule has 0 bridgehead atoms. The zero-order chi connectivity index (χ0) is 15.4. The Morgan fingerprint density at radius 3 is 2.67 bits per heavy atom. The number of ether oxygens (including phenoxy) is 1. The van der Waals surface area contributed by atoms with Gasteiger partial charge in [-0.15, -0.1) is 0 Å². The maximum atomic E-state index is 12.7. The van der Waals surface area contributed by atoms with Gasteiger partial charge in [0.1, 0.15) is 5.75 Å². The van der Waals surface area contributed by atoms with Gasteiger partial charge in [-0.1, -0.05) is 11.6 Å². The van der Waals surface area contributed by atoms with Crippen molar-refractivity contribution < 1.29 is 9.53 Å². The van der Waals surface area contributed by atoms with Crippen LogP contribution in [0.25, 0.3) is 0 Å². The van der Waals surface area contributed by atoms with Gasteiger partial charge < -0.3 is 10.1 Å². The van der Waals surface area contributed by atoms with Crippen LogP contribution in [0.1, 0.15) is 28.4 Å². The molecule has 0 aliphatic carbocycles. The standard InChI is InChI=1S/C16H23ClN2O2/c1-4-21-16-11(2)9-13(17)12(3)15(16)14(20)10-19-7-5-18-6-8-19/h9,18H,4-8,10H2,1-3H3. The number of ketones is 1. The highest BCUT2D eigenvalue weighted by atomic mass is 35.5. The van der Waals surface area contributed by atoms with E-state index in [0.29, 0.717) is 29.5 Å². The zero-order valence-electron chi connectivity index (χ0n) is 13.0. The molecule has 0 saturated carbocycles. The van der Waals surface area contributed by atoms with Crippen LogP contribution in [0.2, 0.25) is 5.02 Å². The molecule has 1 fully saturated rings. The summed E-state index contributed by atoms with van der Waals surface area (Å²) >= 11 is 6.25. The molecule has 1 aliphatic heterocycles. The number of nitrogens with zero attached hydrogens (tertiary/aromatic N) is 1. The van der Waals surface area contributed by atoms with Crippen LogP contribution in [0.5, 0.6) is 5.75 Å². The molecule has 21 heavy (non-hydrogen) atoms. The van der Waals surface area contributed by atoms with E-state index < -0.39 is 0 Å². The number of halogens is 1. The summed E-state index contributed by atoms with van der Waals surface area (Å²) in [5.41, 5.74) is 2.36. The largest absolute Gasteiger partial charge is 0.493 e. The van der Waals surface area contributed by atoms with Crippen molar-refractivity contribution in [2.45, 2.75) is 20.8 Å². The Balaban J connectivity index is 2.29. The van der Waals surface area contributed by atoms with Gasteiger partial charge in [-0.3, -0.25) is 9.69 Å². The fourth-order valence-electron chi connectivity index (χ4n) is 2.67. The van der Waals surface area contributed by atoms with Crippen LogP contribution in [-0.2, 0) is 0 Å². The van der Waals surface area contributed by atoms with Gasteiger partial charge in [-0.2, -0.15) is 0 Å². The number of piperazine rings is 1. The minimum atomic E-state index is 0.0865. The van der Waals surface area contributed by atoms with Crippen LogP contribution in [-0.4, -0.2) is 50.0 Å². The van der Waals surface area contributed by atoms with E-state index in [9.17, 15) is 4.79 Å². The molecule has 2 rings (SSSR count). The van der Waals surface area contributed by atoms with Gasteiger partial charge >= 0.3 is 0 Å². The number of benzene rings is 1. The summed E-state index contributed by atoms with van der Waals surface area (Å²) in [6.45, 7) is 10.3. The Hall–Kier alpha value is -1.10. The number of hydrogen-bond donors (Lipinski definition) is 1. The summed E-state index contributed by atoms with van der Waals surface area (Å²) in [5, 5.41) is 3.91. The Bertz CT molecular complexity index is 525. The monoisotopic (exact) mass is 310 g/mol. The van der Waals surface area contributed by atoms with E-state index >= 15 is 0 Å². The molecule has 5 heteroatoms. The number of rotatable bonds is 5. The molecular weight excluding hydrogens is 288 g/mol. The second kappa shape index (κ2) is 7.25. The van der Waals surface area contributed by atoms with E-state index in [-0.39, 0.29) is 5.78 Å².